The number of nitrogens with zero attached hydrogens (tertiary/aromatic N) is 3. The van der Waals surface area contributed by atoms with Crippen molar-refractivity contribution < 1.29 is 27.1 Å². The summed E-state index contributed by atoms with van der Waals surface area (Å²) in [6.45, 7) is 1.93. The lowest BCUT2D eigenvalue weighted by Crippen LogP contribution is -2.20. The Hall–Kier alpha value is -2.80. The van der Waals surface area contributed by atoms with Crippen LogP contribution in [0.5, 0.6) is 5.75 Å². The molecule has 0 aliphatic rings. The van der Waals surface area contributed by atoms with Gasteiger partial charge in [-0.1, -0.05) is 11.3 Å². The number of benzene rings is 1. The van der Waals surface area contributed by atoms with Gasteiger partial charge in [-0.25, -0.2) is 14.2 Å². The Labute approximate surface area is 163 Å². The molecule has 13 heteroatoms. The van der Waals surface area contributed by atoms with E-state index in [-0.39, 0.29) is 34.5 Å². The minimum Gasteiger partial charge on any atom is -0.491 e. The quantitative estimate of drug-likeness (QED) is 0.561. The molecule has 0 atom stereocenters. The van der Waals surface area contributed by atoms with Gasteiger partial charge in [-0.2, -0.15) is 13.2 Å². The number of rotatable bonds is 5. The third-order valence-corrected chi connectivity index (χ3v) is 4.86. The van der Waals surface area contributed by atoms with E-state index in [0.29, 0.717) is 10.6 Å². The van der Waals surface area contributed by atoms with Gasteiger partial charge in [0.2, 0.25) is 10.1 Å². The summed E-state index contributed by atoms with van der Waals surface area (Å²) in [5.41, 5.74) is 0.456. The second-order valence-corrected chi connectivity index (χ2v) is 6.96. The average Bonchev–Trinajstić information content (AvgIpc) is 3.28. The fourth-order valence-electron chi connectivity index (χ4n) is 2.10. The third-order valence-electron chi connectivity index (χ3n) is 3.17. The van der Waals surface area contributed by atoms with E-state index in [1.807, 2.05) is 0 Å². The topological polar surface area (TPSA) is 89.0 Å². The van der Waals surface area contributed by atoms with Gasteiger partial charge in [0.05, 0.1) is 12.3 Å². The molecule has 28 heavy (non-hydrogen) atoms. The van der Waals surface area contributed by atoms with Gasteiger partial charge in [0.25, 0.3) is 0 Å². The molecule has 2 N–H and O–H groups in total. The molecule has 0 saturated heterocycles. The highest BCUT2D eigenvalue weighted by Gasteiger charge is 2.35. The zero-order valence-electron chi connectivity index (χ0n) is 14.0. The molecular formula is C15H11F4N5O2S2. The van der Waals surface area contributed by atoms with Gasteiger partial charge in [-0.15, -0.1) is 21.5 Å². The SMILES string of the molecule is CCOc1cc(-c2nccs2)c(NC(=O)Nc2nnc(C(F)(F)F)s2)cc1F. The van der Waals surface area contributed by atoms with Crippen LogP contribution in [0, 0.1) is 5.82 Å². The fraction of sp³-hybridized carbons (Fsp3) is 0.200. The molecule has 3 aromatic rings. The number of halogens is 4. The molecule has 3 rings (SSSR count). The summed E-state index contributed by atoms with van der Waals surface area (Å²) in [7, 11) is 0. The maximum absolute atomic E-state index is 14.2. The van der Waals surface area contributed by atoms with Crippen molar-refractivity contribution in [1.82, 2.24) is 15.2 Å². The summed E-state index contributed by atoms with van der Waals surface area (Å²) >= 11 is 1.42. The standard InChI is InChI=1S/C15H11F4N5O2S2/c1-2-26-10-5-7(11-20-3-4-27-11)9(6-8(10)16)21-13(25)22-14-24-23-12(28-14)15(17,18)19/h3-6H,2H2,1H3,(H2,21,22,24,25). The Balaban J connectivity index is 1.83. The number of anilines is 2. The van der Waals surface area contributed by atoms with Crippen molar-refractivity contribution in [2.24, 2.45) is 0 Å². The number of hydrogen-bond acceptors (Lipinski definition) is 7. The number of carbonyl (C=O) groups excluding carboxylic acids is 1. The van der Waals surface area contributed by atoms with E-state index < -0.39 is 23.0 Å². The van der Waals surface area contributed by atoms with Gasteiger partial charge < -0.3 is 10.1 Å². The number of alkyl halides is 3. The summed E-state index contributed by atoms with van der Waals surface area (Å²) in [6.07, 6.45) is -3.13. The Kier molecular flexibility index (Phi) is 5.74. The predicted octanol–water partition coefficient (Wildman–Crippen LogP) is 4.86. The zero-order valence-corrected chi connectivity index (χ0v) is 15.6. The number of urea groups is 1. The first-order chi connectivity index (χ1) is 13.3. The first-order valence-electron chi connectivity index (χ1n) is 7.63. The third kappa shape index (κ3) is 4.54. The first-order valence-corrected chi connectivity index (χ1v) is 9.32. The van der Waals surface area contributed by atoms with Crippen LogP contribution in [0.1, 0.15) is 11.9 Å². The van der Waals surface area contributed by atoms with Crippen LogP contribution in [0.2, 0.25) is 0 Å². The highest BCUT2D eigenvalue weighted by molar-refractivity contribution is 7.15. The summed E-state index contributed by atoms with van der Waals surface area (Å²) < 4.78 is 57.1. The molecule has 2 aromatic heterocycles. The highest BCUT2D eigenvalue weighted by Crippen LogP contribution is 2.36. The minimum atomic E-state index is -4.66. The molecule has 2 heterocycles. The van der Waals surface area contributed by atoms with Gasteiger partial charge in [-0.05, 0) is 13.0 Å². The molecule has 0 spiro atoms. The van der Waals surface area contributed by atoms with Gasteiger partial charge in [0.1, 0.15) is 5.01 Å². The first kappa shape index (κ1) is 19.9. The molecule has 0 radical (unpaired) electrons. The molecule has 0 bridgehead atoms. The lowest BCUT2D eigenvalue weighted by molar-refractivity contribution is -0.138. The van der Waals surface area contributed by atoms with Gasteiger partial charge >= 0.3 is 12.2 Å². The minimum absolute atomic E-state index is 0.0161. The maximum Gasteiger partial charge on any atom is 0.445 e. The lowest BCUT2D eigenvalue weighted by atomic mass is 10.1. The number of carbonyl (C=O) groups is 1. The molecule has 1 aromatic carbocycles. The molecule has 2 amide bonds. The second kappa shape index (κ2) is 8.06. The largest absolute Gasteiger partial charge is 0.491 e. The molecule has 0 aliphatic heterocycles. The number of thiazole rings is 1. The van der Waals surface area contributed by atoms with Crippen LogP contribution in [0.3, 0.4) is 0 Å². The predicted molar refractivity (Wildman–Crippen MR) is 96.2 cm³/mol. The van der Waals surface area contributed by atoms with E-state index in [1.165, 1.54) is 23.6 Å². The summed E-state index contributed by atoms with van der Waals surface area (Å²) in [5.74, 6) is -0.731. The fourth-order valence-corrected chi connectivity index (χ4v) is 3.37. The summed E-state index contributed by atoms with van der Waals surface area (Å²) in [4.78, 5) is 16.3. The van der Waals surface area contributed by atoms with Crippen molar-refractivity contribution in [2.45, 2.75) is 13.1 Å². The van der Waals surface area contributed by atoms with Crippen molar-refractivity contribution in [3.8, 4) is 16.3 Å². The number of amides is 2. The number of aromatic nitrogens is 3. The Morgan fingerprint density at radius 1 is 1.25 bits per heavy atom. The molecule has 0 fully saturated rings. The molecule has 0 unspecified atom stereocenters. The van der Waals surface area contributed by atoms with E-state index in [9.17, 15) is 22.4 Å². The highest BCUT2D eigenvalue weighted by atomic mass is 32.1. The van der Waals surface area contributed by atoms with E-state index in [0.717, 1.165) is 6.07 Å². The van der Waals surface area contributed by atoms with Crippen molar-refractivity contribution in [1.29, 1.82) is 0 Å². The second-order valence-electron chi connectivity index (χ2n) is 5.09. The van der Waals surface area contributed by atoms with Crippen LogP contribution in [0.25, 0.3) is 10.6 Å². The van der Waals surface area contributed by atoms with Crippen molar-refractivity contribution >= 4 is 39.5 Å². The Bertz CT molecular complexity index is 975. The lowest BCUT2D eigenvalue weighted by Gasteiger charge is -2.13. The van der Waals surface area contributed by atoms with Crippen LogP contribution in [-0.2, 0) is 6.18 Å². The molecular weight excluding hydrogens is 422 g/mol. The van der Waals surface area contributed by atoms with Crippen molar-refractivity contribution in [2.75, 3.05) is 17.2 Å². The normalized spacial score (nSPS) is 11.3. The van der Waals surface area contributed by atoms with Crippen LogP contribution in [0.4, 0.5) is 33.2 Å². The maximum atomic E-state index is 14.2. The van der Waals surface area contributed by atoms with E-state index in [4.69, 9.17) is 4.74 Å². The van der Waals surface area contributed by atoms with Gasteiger partial charge in [-0.3, -0.25) is 5.32 Å². The average molecular weight is 433 g/mol. The molecule has 0 aliphatic carbocycles. The van der Waals surface area contributed by atoms with E-state index in [1.54, 1.807) is 12.3 Å². The Morgan fingerprint density at radius 2 is 2.04 bits per heavy atom. The zero-order chi connectivity index (χ0) is 20.3. The molecule has 7 nitrogen and oxygen atoms in total. The molecule has 148 valence electrons. The summed E-state index contributed by atoms with van der Waals surface area (Å²) in [5, 5.41) is 11.4. The number of ether oxygens (including phenoxy) is 1. The van der Waals surface area contributed by atoms with Gasteiger partial charge in [0.15, 0.2) is 11.6 Å². The van der Waals surface area contributed by atoms with E-state index >= 15 is 0 Å². The molecule has 0 saturated carbocycles. The van der Waals surface area contributed by atoms with Crippen LogP contribution >= 0.6 is 22.7 Å². The van der Waals surface area contributed by atoms with Crippen molar-refractivity contribution in [3.63, 3.8) is 0 Å². The number of nitrogens with one attached hydrogen (secondary N) is 2. The number of hydrogen-bond donors (Lipinski definition) is 2. The van der Waals surface area contributed by atoms with Gasteiger partial charge in [0, 0.05) is 23.2 Å². The monoisotopic (exact) mass is 433 g/mol. The van der Waals surface area contributed by atoms with Crippen molar-refractivity contribution in [3.05, 3.63) is 34.5 Å². The smallest absolute Gasteiger partial charge is 0.445 e. The van der Waals surface area contributed by atoms with Crippen LogP contribution in [0.15, 0.2) is 23.7 Å². The van der Waals surface area contributed by atoms with E-state index in [2.05, 4.69) is 25.8 Å². The summed E-state index contributed by atoms with van der Waals surface area (Å²) in [6, 6.07) is 1.52. The van der Waals surface area contributed by atoms with Crippen LogP contribution in [-0.4, -0.2) is 27.8 Å². The Morgan fingerprint density at radius 3 is 2.64 bits per heavy atom. The van der Waals surface area contributed by atoms with Crippen LogP contribution < -0.4 is 15.4 Å².